The molecule has 1 heterocycles. The van der Waals surface area contributed by atoms with Gasteiger partial charge in [-0.3, -0.25) is 0 Å². The highest BCUT2D eigenvalue weighted by molar-refractivity contribution is 6.22. The number of nitrogens with zero attached hydrogens (tertiary/aromatic N) is 2. The smallest absolute Gasteiger partial charge is 0.0561 e. The number of benzene rings is 10. The van der Waals surface area contributed by atoms with E-state index in [0.29, 0.717) is 0 Å². The predicted molar refractivity (Wildman–Crippen MR) is 247 cm³/mol. The van der Waals surface area contributed by atoms with Gasteiger partial charge in [-0.05, 0) is 97.9 Å². The molecule has 0 N–H and O–H groups in total. The zero-order valence-corrected chi connectivity index (χ0v) is 31.8. The summed E-state index contributed by atoms with van der Waals surface area (Å²) in [6, 6.07) is 83.7. The molecule has 2 heteroatoms. The normalized spacial score (nSPS) is 11.4. The van der Waals surface area contributed by atoms with Crippen LogP contribution in [0.15, 0.2) is 231 Å². The van der Waals surface area contributed by atoms with Crippen LogP contribution in [0.5, 0.6) is 0 Å². The van der Waals surface area contributed by atoms with Crippen LogP contribution in [-0.2, 0) is 0 Å². The van der Waals surface area contributed by atoms with Crippen LogP contribution in [-0.4, -0.2) is 4.57 Å². The largest absolute Gasteiger partial charge is 0.310 e. The zero-order chi connectivity index (χ0) is 38.4. The van der Waals surface area contributed by atoms with E-state index in [2.05, 4.69) is 240 Å². The average molecular weight is 739 g/mol. The fraction of sp³-hybridized carbons (Fsp3) is 0. The molecule has 0 aliphatic heterocycles. The van der Waals surface area contributed by atoms with Crippen molar-refractivity contribution in [3.05, 3.63) is 231 Å². The lowest BCUT2D eigenvalue weighted by molar-refractivity contribution is 1.18. The summed E-state index contributed by atoms with van der Waals surface area (Å²) in [5, 5.41) is 7.40. The maximum atomic E-state index is 2.46. The number of hydrogen-bond donors (Lipinski definition) is 0. The Morgan fingerprint density at radius 1 is 0.293 bits per heavy atom. The summed E-state index contributed by atoms with van der Waals surface area (Å²) in [5.74, 6) is 0. The Hall–Kier alpha value is -7.68. The van der Waals surface area contributed by atoms with Crippen LogP contribution in [0.1, 0.15) is 0 Å². The van der Waals surface area contributed by atoms with Gasteiger partial charge in [-0.15, -0.1) is 0 Å². The van der Waals surface area contributed by atoms with Gasteiger partial charge >= 0.3 is 0 Å². The third-order valence-electron chi connectivity index (χ3n) is 11.6. The van der Waals surface area contributed by atoms with Crippen LogP contribution in [0.4, 0.5) is 17.1 Å². The number of rotatable bonds is 7. The molecule has 0 bridgehead atoms. The molecule has 10 aromatic carbocycles. The van der Waals surface area contributed by atoms with Crippen molar-refractivity contribution in [2.24, 2.45) is 0 Å². The molecule has 0 spiro atoms. The molecule has 0 atom stereocenters. The van der Waals surface area contributed by atoms with Gasteiger partial charge in [0.25, 0.3) is 0 Å². The van der Waals surface area contributed by atoms with Crippen molar-refractivity contribution in [3.63, 3.8) is 0 Å². The molecule has 272 valence electrons. The van der Waals surface area contributed by atoms with Crippen molar-refractivity contribution >= 4 is 60.4 Å². The van der Waals surface area contributed by atoms with Crippen LogP contribution < -0.4 is 4.90 Å². The van der Waals surface area contributed by atoms with Crippen LogP contribution in [0.25, 0.3) is 82.4 Å². The summed E-state index contributed by atoms with van der Waals surface area (Å²) in [5.41, 5.74) is 14.0. The lowest BCUT2D eigenvalue weighted by atomic mass is 9.85. The van der Waals surface area contributed by atoms with E-state index in [1.807, 2.05) is 0 Å². The third-order valence-corrected chi connectivity index (χ3v) is 11.6. The van der Waals surface area contributed by atoms with Crippen molar-refractivity contribution in [1.82, 2.24) is 4.57 Å². The quantitative estimate of drug-likeness (QED) is 0.148. The number of para-hydroxylation sites is 3. The maximum absolute atomic E-state index is 2.46. The van der Waals surface area contributed by atoms with Crippen LogP contribution in [0, 0.1) is 0 Å². The van der Waals surface area contributed by atoms with E-state index >= 15 is 0 Å². The third kappa shape index (κ3) is 5.57. The highest BCUT2D eigenvalue weighted by Crippen LogP contribution is 2.48. The Morgan fingerprint density at radius 2 is 0.759 bits per heavy atom. The Morgan fingerprint density at radius 3 is 1.45 bits per heavy atom. The Kier molecular flexibility index (Phi) is 8.19. The molecule has 0 aliphatic rings. The van der Waals surface area contributed by atoms with Crippen LogP contribution in [0.2, 0.25) is 0 Å². The van der Waals surface area contributed by atoms with Gasteiger partial charge in [-0.25, -0.2) is 0 Å². The SMILES string of the molecule is c1ccc(-c2ccccc2N(c2ccc3c(c2)c(-c2ccccc2)c(-c2ccccc2)c2ccccc23)c2ccc3c4ccccc4n(-c4ccccc4)c3c2)cc1. The van der Waals surface area contributed by atoms with Gasteiger partial charge in [0.1, 0.15) is 0 Å². The molecule has 0 unspecified atom stereocenters. The van der Waals surface area contributed by atoms with Gasteiger partial charge < -0.3 is 9.47 Å². The van der Waals surface area contributed by atoms with Gasteiger partial charge in [0.15, 0.2) is 0 Å². The van der Waals surface area contributed by atoms with E-state index in [4.69, 9.17) is 0 Å². The molecule has 0 radical (unpaired) electrons. The fourth-order valence-corrected chi connectivity index (χ4v) is 9.04. The molecule has 0 saturated heterocycles. The van der Waals surface area contributed by atoms with E-state index in [1.165, 1.54) is 71.2 Å². The molecule has 0 fully saturated rings. The van der Waals surface area contributed by atoms with E-state index in [9.17, 15) is 0 Å². The number of aromatic nitrogens is 1. The Bertz CT molecular complexity index is 3260. The van der Waals surface area contributed by atoms with Crippen molar-refractivity contribution in [1.29, 1.82) is 0 Å². The number of anilines is 3. The first-order valence-corrected chi connectivity index (χ1v) is 19.9. The van der Waals surface area contributed by atoms with Gasteiger partial charge in [-0.2, -0.15) is 0 Å². The summed E-state index contributed by atoms with van der Waals surface area (Å²) in [4.78, 5) is 2.46. The first-order valence-electron chi connectivity index (χ1n) is 19.9. The second kappa shape index (κ2) is 14.1. The zero-order valence-electron chi connectivity index (χ0n) is 31.8. The molecule has 0 aliphatic carbocycles. The molecule has 2 nitrogen and oxygen atoms in total. The van der Waals surface area contributed by atoms with E-state index in [-0.39, 0.29) is 0 Å². The van der Waals surface area contributed by atoms with Gasteiger partial charge in [0.2, 0.25) is 0 Å². The van der Waals surface area contributed by atoms with E-state index in [1.54, 1.807) is 0 Å². The van der Waals surface area contributed by atoms with Crippen LogP contribution in [0.3, 0.4) is 0 Å². The molecule has 1 aromatic heterocycles. The average Bonchev–Trinajstić information content (AvgIpc) is 3.63. The summed E-state index contributed by atoms with van der Waals surface area (Å²) in [6.45, 7) is 0. The van der Waals surface area contributed by atoms with Crippen LogP contribution >= 0.6 is 0 Å². The first kappa shape index (κ1) is 33.6. The fourth-order valence-electron chi connectivity index (χ4n) is 9.04. The minimum atomic E-state index is 1.08. The summed E-state index contributed by atoms with van der Waals surface area (Å²) in [7, 11) is 0. The highest BCUT2D eigenvalue weighted by atomic mass is 15.1. The minimum Gasteiger partial charge on any atom is -0.310 e. The van der Waals surface area contributed by atoms with E-state index < -0.39 is 0 Å². The monoisotopic (exact) mass is 738 g/mol. The van der Waals surface area contributed by atoms with Crippen molar-refractivity contribution in [2.75, 3.05) is 4.90 Å². The predicted octanol–water partition coefficient (Wildman–Crippen LogP) is 15.6. The summed E-state index contributed by atoms with van der Waals surface area (Å²) < 4.78 is 2.40. The first-order chi connectivity index (χ1) is 28.8. The van der Waals surface area contributed by atoms with Gasteiger partial charge in [0, 0.05) is 33.4 Å². The lowest BCUT2D eigenvalue weighted by Gasteiger charge is -2.29. The van der Waals surface area contributed by atoms with Gasteiger partial charge in [0.05, 0.1) is 16.7 Å². The minimum absolute atomic E-state index is 1.08. The van der Waals surface area contributed by atoms with Crippen molar-refractivity contribution in [2.45, 2.75) is 0 Å². The van der Waals surface area contributed by atoms with Gasteiger partial charge in [-0.1, -0.05) is 182 Å². The molecular formula is C56H38N2. The topological polar surface area (TPSA) is 8.17 Å². The van der Waals surface area contributed by atoms with Crippen molar-refractivity contribution in [3.8, 4) is 39.1 Å². The highest BCUT2D eigenvalue weighted by Gasteiger charge is 2.23. The second-order valence-corrected chi connectivity index (χ2v) is 14.9. The molecule has 11 aromatic rings. The molecule has 58 heavy (non-hydrogen) atoms. The van der Waals surface area contributed by atoms with E-state index in [0.717, 1.165) is 28.3 Å². The molecule has 0 amide bonds. The Balaban J connectivity index is 1.24. The summed E-state index contributed by atoms with van der Waals surface area (Å²) in [6.07, 6.45) is 0. The van der Waals surface area contributed by atoms with Crippen molar-refractivity contribution < 1.29 is 0 Å². The second-order valence-electron chi connectivity index (χ2n) is 14.9. The molecular weight excluding hydrogens is 701 g/mol. The standard InChI is InChI=1S/C56H38N2/c1-5-19-39(20-6-1)45-27-15-17-31-52(45)57(44-34-36-49-48-29-16-18-32-53(48)58(54(49)38-44)42-25-11-4-12-26-42)43-33-35-47-46-28-13-14-30-50(46)55(40-21-7-2-8-22-40)56(51(47)37-43)41-23-9-3-10-24-41/h1-38H. The molecule has 0 saturated carbocycles. The number of hydrogen-bond acceptors (Lipinski definition) is 1. The lowest BCUT2D eigenvalue weighted by Crippen LogP contribution is -2.11. The molecule has 11 rings (SSSR count). The maximum Gasteiger partial charge on any atom is 0.0561 e. The summed E-state index contributed by atoms with van der Waals surface area (Å²) >= 11 is 0. The number of fused-ring (bicyclic) bond motifs is 6. The Labute approximate surface area is 338 Å².